The van der Waals surface area contributed by atoms with Crippen molar-refractivity contribution in [1.29, 1.82) is 0 Å². The standard InChI is InChI=1S/C16H16ClN3/c1-11(2)19-14-4-3-9-20-15(10-18-16(14)20)12-5-7-13(17)8-6-12/h3-11,19H,1-2H3. The van der Waals surface area contributed by atoms with E-state index in [1.54, 1.807) is 0 Å². The molecule has 3 rings (SSSR count). The first kappa shape index (κ1) is 13.0. The van der Waals surface area contributed by atoms with Crippen molar-refractivity contribution in [3.63, 3.8) is 0 Å². The summed E-state index contributed by atoms with van der Waals surface area (Å²) in [6.07, 6.45) is 3.92. The molecular weight excluding hydrogens is 270 g/mol. The zero-order chi connectivity index (χ0) is 14.1. The molecule has 102 valence electrons. The average Bonchev–Trinajstić information content (AvgIpc) is 2.84. The highest BCUT2D eigenvalue weighted by Crippen LogP contribution is 2.25. The molecule has 4 heteroatoms. The van der Waals surface area contributed by atoms with Crippen molar-refractivity contribution in [1.82, 2.24) is 9.38 Å². The van der Waals surface area contributed by atoms with Crippen molar-refractivity contribution in [2.45, 2.75) is 19.9 Å². The van der Waals surface area contributed by atoms with Crippen LogP contribution >= 0.6 is 11.6 Å². The Hall–Kier alpha value is -2.00. The molecular formula is C16H16ClN3. The number of hydrogen-bond donors (Lipinski definition) is 1. The van der Waals surface area contributed by atoms with E-state index in [1.165, 1.54) is 0 Å². The Kier molecular flexibility index (Phi) is 3.36. The first-order chi connectivity index (χ1) is 9.65. The maximum atomic E-state index is 5.94. The van der Waals surface area contributed by atoms with Crippen LogP contribution in [0.4, 0.5) is 5.69 Å². The molecule has 2 heterocycles. The van der Waals surface area contributed by atoms with Gasteiger partial charge in [-0.3, -0.25) is 4.40 Å². The molecule has 1 aromatic carbocycles. The summed E-state index contributed by atoms with van der Waals surface area (Å²) in [6, 6.07) is 12.3. The van der Waals surface area contributed by atoms with Gasteiger partial charge in [0, 0.05) is 22.8 Å². The summed E-state index contributed by atoms with van der Waals surface area (Å²) in [6.45, 7) is 4.24. The number of nitrogens with zero attached hydrogens (tertiary/aromatic N) is 2. The number of halogens is 1. The SMILES string of the molecule is CC(C)Nc1cccn2c(-c3ccc(Cl)cc3)cnc12. The fraction of sp³-hybridized carbons (Fsp3) is 0.188. The molecule has 0 aliphatic rings. The minimum atomic E-state index is 0.372. The summed E-state index contributed by atoms with van der Waals surface area (Å²) in [5.41, 5.74) is 4.14. The van der Waals surface area contributed by atoms with E-state index in [1.807, 2.05) is 48.8 Å². The zero-order valence-corrected chi connectivity index (χ0v) is 12.2. The Morgan fingerprint density at radius 1 is 1.15 bits per heavy atom. The first-order valence-electron chi connectivity index (χ1n) is 6.63. The summed E-state index contributed by atoms with van der Waals surface area (Å²) < 4.78 is 2.09. The van der Waals surface area contributed by atoms with Gasteiger partial charge in [0.05, 0.1) is 17.6 Å². The molecule has 3 nitrogen and oxygen atoms in total. The lowest BCUT2D eigenvalue weighted by Gasteiger charge is -2.11. The van der Waals surface area contributed by atoms with Crippen LogP contribution in [0.5, 0.6) is 0 Å². The number of imidazole rings is 1. The van der Waals surface area contributed by atoms with Gasteiger partial charge in [-0.25, -0.2) is 4.98 Å². The van der Waals surface area contributed by atoms with Crippen LogP contribution in [0.2, 0.25) is 5.02 Å². The molecule has 0 saturated carbocycles. The predicted octanol–water partition coefficient (Wildman–Crippen LogP) is 4.48. The van der Waals surface area contributed by atoms with E-state index in [2.05, 4.69) is 28.5 Å². The van der Waals surface area contributed by atoms with Crippen LogP contribution in [0.15, 0.2) is 48.8 Å². The second kappa shape index (κ2) is 5.17. The Morgan fingerprint density at radius 2 is 1.90 bits per heavy atom. The molecule has 20 heavy (non-hydrogen) atoms. The van der Waals surface area contributed by atoms with Gasteiger partial charge in [-0.05, 0) is 38.1 Å². The van der Waals surface area contributed by atoms with Gasteiger partial charge in [0.15, 0.2) is 5.65 Å². The normalized spacial score (nSPS) is 11.2. The molecule has 0 spiro atoms. The molecule has 0 fully saturated rings. The molecule has 0 amide bonds. The summed E-state index contributed by atoms with van der Waals surface area (Å²) in [4.78, 5) is 4.54. The number of hydrogen-bond acceptors (Lipinski definition) is 2. The number of nitrogens with one attached hydrogen (secondary N) is 1. The Balaban J connectivity index is 2.12. The highest BCUT2D eigenvalue weighted by molar-refractivity contribution is 6.30. The average molecular weight is 286 g/mol. The summed E-state index contributed by atoms with van der Waals surface area (Å²) >= 11 is 5.94. The highest BCUT2D eigenvalue weighted by atomic mass is 35.5. The Labute approximate surface area is 123 Å². The van der Waals surface area contributed by atoms with Crippen molar-refractivity contribution in [3.8, 4) is 11.3 Å². The molecule has 2 aromatic heterocycles. The van der Waals surface area contributed by atoms with Gasteiger partial charge in [-0.2, -0.15) is 0 Å². The van der Waals surface area contributed by atoms with Crippen LogP contribution in [0.25, 0.3) is 16.9 Å². The van der Waals surface area contributed by atoms with E-state index in [9.17, 15) is 0 Å². The minimum absolute atomic E-state index is 0.372. The van der Waals surface area contributed by atoms with Gasteiger partial charge < -0.3 is 5.32 Å². The lowest BCUT2D eigenvalue weighted by molar-refractivity contribution is 0.898. The van der Waals surface area contributed by atoms with Crippen LogP contribution in [0, 0.1) is 0 Å². The number of benzene rings is 1. The quantitative estimate of drug-likeness (QED) is 0.769. The van der Waals surface area contributed by atoms with E-state index in [0.29, 0.717) is 6.04 Å². The molecule has 0 atom stereocenters. The van der Waals surface area contributed by atoms with Gasteiger partial charge in [-0.15, -0.1) is 0 Å². The van der Waals surface area contributed by atoms with Gasteiger partial charge in [-0.1, -0.05) is 23.7 Å². The van der Waals surface area contributed by atoms with Crippen molar-refractivity contribution in [3.05, 3.63) is 53.8 Å². The summed E-state index contributed by atoms with van der Waals surface area (Å²) in [7, 11) is 0. The Morgan fingerprint density at radius 3 is 2.60 bits per heavy atom. The zero-order valence-electron chi connectivity index (χ0n) is 11.5. The molecule has 0 aliphatic carbocycles. The summed E-state index contributed by atoms with van der Waals surface area (Å²) in [5, 5.41) is 4.16. The van der Waals surface area contributed by atoms with Gasteiger partial charge in [0.25, 0.3) is 0 Å². The minimum Gasteiger partial charge on any atom is -0.380 e. The fourth-order valence-electron chi connectivity index (χ4n) is 2.27. The predicted molar refractivity (Wildman–Crippen MR) is 84.4 cm³/mol. The monoisotopic (exact) mass is 285 g/mol. The van der Waals surface area contributed by atoms with E-state index < -0.39 is 0 Å². The number of rotatable bonds is 3. The number of fused-ring (bicyclic) bond motifs is 1. The van der Waals surface area contributed by atoms with Crippen LogP contribution in [0.3, 0.4) is 0 Å². The second-order valence-corrected chi connectivity index (χ2v) is 5.50. The third-order valence-corrected chi connectivity index (χ3v) is 3.37. The van der Waals surface area contributed by atoms with Crippen molar-refractivity contribution < 1.29 is 0 Å². The second-order valence-electron chi connectivity index (χ2n) is 5.06. The third kappa shape index (κ3) is 2.37. The molecule has 0 aliphatic heterocycles. The third-order valence-electron chi connectivity index (χ3n) is 3.12. The first-order valence-corrected chi connectivity index (χ1v) is 7.01. The number of pyridine rings is 1. The number of anilines is 1. The largest absolute Gasteiger partial charge is 0.380 e. The van der Waals surface area contributed by atoms with E-state index >= 15 is 0 Å². The maximum Gasteiger partial charge on any atom is 0.160 e. The van der Waals surface area contributed by atoms with E-state index in [4.69, 9.17) is 11.6 Å². The highest BCUT2D eigenvalue weighted by Gasteiger charge is 2.09. The van der Waals surface area contributed by atoms with Gasteiger partial charge in [0.2, 0.25) is 0 Å². The van der Waals surface area contributed by atoms with Crippen LogP contribution in [0.1, 0.15) is 13.8 Å². The molecule has 0 unspecified atom stereocenters. The lowest BCUT2D eigenvalue weighted by atomic mass is 10.2. The van der Waals surface area contributed by atoms with Crippen LogP contribution in [-0.2, 0) is 0 Å². The van der Waals surface area contributed by atoms with Crippen molar-refractivity contribution in [2.75, 3.05) is 5.32 Å². The molecule has 0 bridgehead atoms. The molecule has 3 aromatic rings. The fourth-order valence-corrected chi connectivity index (χ4v) is 2.39. The van der Waals surface area contributed by atoms with Gasteiger partial charge in [0.1, 0.15) is 0 Å². The van der Waals surface area contributed by atoms with Gasteiger partial charge >= 0.3 is 0 Å². The Bertz CT molecular complexity index is 729. The molecule has 1 N–H and O–H groups in total. The van der Waals surface area contributed by atoms with Crippen LogP contribution in [-0.4, -0.2) is 15.4 Å². The molecule has 0 saturated heterocycles. The van der Waals surface area contributed by atoms with Crippen LogP contribution < -0.4 is 5.32 Å². The van der Waals surface area contributed by atoms with Crippen molar-refractivity contribution in [2.24, 2.45) is 0 Å². The smallest absolute Gasteiger partial charge is 0.160 e. The van der Waals surface area contributed by atoms with E-state index in [0.717, 1.165) is 27.6 Å². The number of aromatic nitrogens is 2. The molecule has 0 radical (unpaired) electrons. The summed E-state index contributed by atoms with van der Waals surface area (Å²) in [5.74, 6) is 0. The lowest BCUT2D eigenvalue weighted by Crippen LogP contribution is -2.10. The van der Waals surface area contributed by atoms with Crippen molar-refractivity contribution >= 4 is 22.9 Å². The topological polar surface area (TPSA) is 29.3 Å². The van der Waals surface area contributed by atoms with E-state index in [-0.39, 0.29) is 0 Å². The maximum absolute atomic E-state index is 5.94.